The molecule has 0 saturated heterocycles. The number of nitriles is 1. The molecule has 1 amide bonds. The maximum Gasteiger partial charge on any atom is 0.337 e. The summed E-state index contributed by atoms with van der Waals surface area (Å²) in [7, 11) is 4.14. The normalized spacial score (nSPS) is 28.2. The molecule has 0 heterocycles. The number of ketones is 2. The van der Waals surface area contributed by atoms with E-state index in [2.05, 4.69) is 0 Å². The number of nitrogens with two attached hydrogens (primary N) is 3. The van der Waals surface area contributed by atoms with E-state index in [1.165, 1.54) is 44.3 Å². The molecule has 2 aromatic carbocycles. The van der Waals surface area contributed by atoms with Crippen LogP contribution in [-0.4, -0.2) is 82.0 Å². The second-order valence-electron chi connectivity index (χ2n) is 11.3. The fraction of sp³-hybridized carbons (Fsp3) is 0.300. The first-order chi connectivity index (χ1) is 20.1. The molecule has 13 heteroatoms. The van der Waals surface area contributed by atoms with E-state index in [1.54, 1.807) is 24.3 Å². The Kier molecular flexibility index (Phi) is 6.51. The van der Waals surface area contributed by atoms with Crippen molar-refractivity contribution in [3.63, 3.8) is 0 Å². The number of Topliss-reactive ketones (excluding diaryl/α,β-unsaturated/α-hetero) is 2. The van der Waals surface area contributed by atoms with Crippen LogP contribution in [0.25, 0.3) is 16.9 Å². The highest BCUT2D eigenvalue weighted by Gasteiger charge is 2.74. The van der Waals surface area contributed by atoms with Gasteiger partial charge in [0.15, 0.2) is 17.0 Å². The number of esters is 1. The summed E-state index contributed by atoms with van der Waals surface area (Å²) in [6.07, 6.45) is -0.683. The van der Waals surface area contributed by atoms with E-state index in [1.807, 2.05) is 0 Å². The van der Waals surface area contributed by atoms with E-state index in [9.17, 15) is 39.8 Å². The van der Waals surface area contributed by atoms with Crippen LogP contribution in [0.5, 0.6) is 5.75 Å². The van der Waals surface area contributed by atoms with Gasteiger partial charge in [-0.3, -0.25) is 19.3 Å². The first-order valence-electron chi connectivity index (χ1n) is 13.1. The zero-order valence-electron chi connectivity index (χ0n) is 23.5. The molecule has 5 rings (SSSR count). The highest BCUT2D eigenvalue weighted by atomic mass is 16.5. The predicted molar refractivity (Wildman–Crippen MR) is 151 cm³/mol. The Bertz CT molecular complexity index is 1750. The number of carbonyl (C=O) groups excluding carboxylic acids is 4. The van der Waals surface area contributed by atoms with Crippen LogP contribution in [-0.2, 0) is 25.5 Å². The van der Waals surface area contributed by atoms with Crippen LogP contribution in [0.15, 0.2) is 53.3 Å². The number of nitrogens with zero attached hydrogens (tertiary/aromatic N) is 2. The van der Waals surface area contributed by atoms with Crippen molar-refractivity contribution in [2.45, 2.75) is 30.0 Å². The molecule has 0 aliphatic heterocycles. The third kappa shape index (κ3) is 3.67. The van der Waals surface area contributed by atoms with E-state index < -0.39 is 80.8 Å². The van der Waals surface area contributed by atoms with Gasteiger partial charge < -0.3 is 37.3 Å². The zero-order chi connectivity index (χ0) is 31.8. The zero-order valence-corrected chi connectivity index (χ0v) is 23.5. The number of fused-ring (bicyclic) bond motifs is 3. The summed E-state index contributed by atoms with van der Waals surface area (Å²) in [6.45, 7) is 0. The number of ether oxygens (including phenoxy) is 1. The Morgan fingerprint density at radius 1 is 1.07 bits per heavy atom. The number of benzene rings is 2. The Hall–Kier alpha value is -5.03. The summed E-state index contributed by atoms with van der Waals surface area (Å²) < 4.78 is 4.75. The minimum Gasteiger partial charge on any atom is -0.509 e. The smallest absolute Gasteiger partial charge is 0.337 e. The summed E-state index contributed by atoms with van der Waals surface area (Å²) in [6, 6.07) is 9.44. The monoisotopic (exact) mass is 587 g/mol. The van der Waals surface area contributed by atoms with Gasteiger partial charge in [-0.25, -0.2) is 4.79 Å². The number of primary amides is 1. The quantitative estimate of drug-likeness (QED) is 0.210. The van der Waals surface area contributed by atoms with Crippen LogP contribution in [0.1, 0.15) is 27.9 Å². The maximum atomic E-state index is 14.4. The molecule has 4 atom stereocenters. The van der Waals surface area contributed by atoms with Crippen LogP contribution >= 0.6 is 0 Å². The Balaban J connectivity index is 1.80. The van der Waals surface area contributed by atoms with Gasteiger partial charge in [0, 0.05) is 0 Å². The SMILES string of the molecule is COC(=O)c1ccc(-c2ccc(O)c3c2C[C@@]2(N)C[C@@]4(N)[C@H](N(C)C)C(=O)C(C(N)=O)=C(O)[C@@]4(C#N)C(=O)C2=C3O)cc1. The standard InChI is InChI=1S/C30H29N5O8/c1-35(2)23-22(38)19(26(32)41)24(39)29(12-31)25(40)20-21(37)18-16(10-28(20,33)11-30(23,29)34)15(8-9-17(18)36)13-4-6-14(7-5-13)27(42)43-3/h4-9,23,36-37,39H,10-11,33-34H2,1-3H3,(H2,32,41)/t23-,28-,29+,30-/m1/s1. The molecule has 43 heavy (non-hydrogen) atoms. The number of likely N-dealkylation sites (N-methyl/N-ethyl adjacent to an activating group) is 1. The Labute approximate surface area is 245 Å². The summed E-state index contributed by atoms with van der Waals surface area (Å²) in [4.78, 5) is 53.5. The number of aliphatic hydroxyl groups excluding tert-OH is 2. The van der Waals surface area contributed by atoms with Crippen molar-refractivity contribution in [2.24, 2.45) is 22.6 Å². The van der Waals surface area contributed by atoms with Gasteiger partial charge in [0.25, 0.3) is 5.91 Å². The van der Waals surface area contributed by atoms with Crippen LogP contribution in [0.2, 0.25) is 0 Å². The molecule has 222 valence electrons. The van der Waals surface area contributed by atoms with Crippen molar-refractivity contribution in [3.8, 4) is 22.9 Å². The van der Waals surface area contributed by atoms with Gasteiger partial charge in [0.05, 0.1) is 47.0 Å². The van der Waals surface area contributed by atoms with E-state index in [-0.39, 0.29) is 17.5 Å². The van der Waals surface area contributed by atoms with Crippen LogP contribution in [0.3, 0.4) is 0 Å². The van der Waals surface area contributed by atoms with Crippen molar-refractivity contribution in [3.05, 3.63) is 70.0 Å². The third-order valence-electron chi connectivity index (χ3n) is 8.75. The summed E-state index contributed by atoms with van der Waals surface area (Å²) in [5, 5.41) is 44.2. The number of hydrogen-bond donors (Lipinski definition) is 6. The molecule has 0 aromatic heterocycles. The lowest BCUT2D eigenvalue weighted by Gasteiger charge is -2.58. The van der Waals surface area contributed by atoms with Gasteiger partial charge >= 0.3 is 5.97 Å². The lowest BCUT2D eigenvalue weighted by atomic mass is 9.47. The Morgan fingerprint density at radius 3 is 2.23 bits per heavy atom. The average Bonchev–Trinajstić information content (AvgIpc) is 2.91. The molecule has 13 nitrogen and oxygen atoms in total. The lowest BCUT2D eigenvalue weighted by molar-refractivity contribution is -0.139. The minimum absolute atomic E-state index is 0.133. The molecule has 0 bridgehead atoms. The topological polar surface area (TPSA) is 243 Å². The largest absolute Gasteiger partial charge is 0.509 e. The van der Waals surface area contributed by atoms with Crippen LogP contribution in [0.4, 0.5) is 0 Å². The molecule has 1 saturated carbocycles. The number of phenolic OH excluding ortho intramolecular Hbond substituents is 1. The second kappa shape index (κ2) is 9.50. The summed E-state index contributed by atoms with van der Waals surface area (Å²) in [5.41, 5.74) is 12.5. The molecule has 0 spiro atoms. The van der Waals surface area contributed by atoms with Crippen molar-refractivity contribution in [1.82, 2.24) is 4.90 Å². The van der Waals surface area contributed by atoms with Crippen molar-refractivity contribution >= 4 is 29.2 Å². The summed E-state index contributed by atoms with van der Waals surface area (Å²) >= 11 is 0. The van der Waals surface area contributed by atoms with Crippen molar-refractivity contribution in [2.75, 3.05) is 21.2 Å². The average molecular weight is 588 g/mol. The maximum absolute atomic E-state index is 14.4. The number of aliphatic hydroxyl groups is 2. The molecule has 3 aliphatic carbocycles. The van der Waals surface area contributed by atoms with E-state index in [0.717, 1.165) is 0 Å². The molecule has 1 fully saturated rings. The number of hydrogen-bond acceptors (Lipinski definition) is 12. The summed E-state index contributed by atoms with van der Waals surface area (Å²) in [5.74, 6) is -6.49. The lowest BCUT2D eigenvalue weighted by Crippen LogP contribution is -2.80. The molecule has 0 unspecified atom stereocenters. The van der Waals surface area contributed by atoms with E-state index in [0.29, 0.717) is 16.7 Å². The predicted octanol–water partition coefficient (Wildman–Crippen LogP) is 0.359. The highest BCUT2D eigenvalue weighted by molar-refractivity contribution is 6.25. The van der Waals surface area contributed by atoms with E-state index in [4.69, 9.17) is 21.9 Å². The number of methoxy groups -OCH3 is 1. The molecular weight excluding hydrogens is 558 g/mol. The van der Waals surface area contributed by atoms with Crippen molar-refractivity contribution < 1.29 is 39.2 Å². The van der Waals surface area contributed by atoms with Gasteiger partial charge in [-0.2, -0.15) is 5.26 Å². The molecule has 3 aliphatic rings. The highest BCUT2D eigenvalue weighted by Crippen LogP contribution is 2.58. The van der Waals surface area contributed by atoms with Crippen LogP contribution < -0.4 is 17.2 Å². The van der Waals surface area contributed by atoms with Gasteiger partial charge in [-0.15, -0.1) is 0 Å². The van der Waals surface area contributed by atoms with Gasteiger partial charge in [0.1, 0.15) is 22.8 Å². The second-order valence-corrected chi connectivity index (χ2v) is 11.3. The fourth-order valence-electron chi connectivity index (χ4n) is 7.01. The number of aromatic hydroxyl groups is 1. The molecule has 0 radical (unpaired) electrons. The number of amides is 1. The number of carbonyl (C=O) groups is 4. The number of rotatable bonds is 4. The molecule has 2 aromatic rings. The first kappa shape index (κ1) is 29.5. The van der Waals surface area contributed by atoms with Gasteiger partial charge in [-0.1, -0.05) is 18.2 Å². The van der Waals surface area contributed by atoms with Crippen LogP contribution in [0, 0.1) is 16.7 Å². The Morgan fingerprint density at radius 2 is 1.70 bits per heavy atom. The first-order valence-corrected chi connectivity index (χ1v) is 13.1. The number of phenols is 1. The fourth-order valence-corrected chi connectivity index (χ4v) is 7.01. The van der Waals surface area contributed by atoms with Gasteiger partial charge in [0.2, 0.25) is 0 Å². The van der Waals surface area contributed by atoms with Gasteiger partial charge in [-0.05, 0) is 61.8 Å². The molecule has 9 N–H and O–H groups in total. The minimum atomic E-state index is -2.74. The third-order valence-corrected chi connectivity index (χ3v) is 8.75. The molecular formula is C30H29N5O8. The van der Waals surface area contributed by atoms with Crippen molar-refractivity contribution in [1.29, 1.82) is 5.26 Å². The van der Waals surface area contributed by atoms with E-state index >= 15 is 0 Å².